The molecular formula is C25H26N6O. The van der Waals surface area contributed by atoms with Crippen LogP contribution in [0.4, 0.5) is 5.69 Å². The van der Waals surface area contributed by atoms with Crippen molar-refractivity contribution in [3.8, 4) is 11.4 Å². The summed E-state index contributed by atoms with van der Waals surface area (Å²) >= 11 is 0. The SMILES string of the molecule is COc1cc(C=Cc2nc3n(n2)CCC[C@H]3c2ccccc2N)ccc1-n1cnc(C)c1. The van der Waals surface area contributed by atoms with E-state index in [0.29, 0.717) is 5.82 Å². The summed E-state index contributed by atoms with van der Waals surface area (Å²) in [6.45, 7) is 2.85. The smallest absolute Gasteiger partial charge is 0.174 e. The molecule has 1 aliphatic heterocycles. The second-order valence-electron chi connectivity index (χ2n) is 8.06. The number of fused-ring (bicyclic) bond motifs is 1. The van der Waals surface area contributed by atoms with Crippen LogP contribution in [0.5, 0.6) is 5.75 Å². The summed E-state index contributed by atoms with van der Waals surface area (Å²) in [5, 5.41) is 4.72. The number of anilines is 1. The molecule has 0 spiro atoms. The Morgan fingerprint density at radius 2 is 2.03 bits per heavy atom. The summed E-state index contributed by atoms with van der Waals surface area (Å²) < 4.78 is 9.59. The zero-order valence-corrected chi connectivity index (χ0v) is 18.3. The van der Waals surface area contributed by atoms with Gasteiger partial charge in [-0.3, -0.25) is 0 Å². The first kappa shape index (κ1) is 20.1. The third kappa shape index (κ3) is 3.77. The molecule has 2 N–H and O–H groups in total. The molecule has 0 saturated carbocycles. The van der Waals surface area contributed by atoms with Crippen LogP contribution < -0.4 is 10.5 Å². The molecule has 0 bridgehead atoms. The van der Waals surface area contributed by atoms with E-state index in [-0.39, 0.29) is 5.92 Å². The molecule has 0 saturated heterocycles. The van der Waals surface area contributed by atoms with Gasteiger partial charge in [0.25, 0.3) is 0 Å². The molecule has 2 aromatic carbocycles. The van der Waals surface area contributed by atoms with Crippen LogP contribution in [0.15, 0.2) is 55.0 Å². The second-order valence-corrected chi connectivity index (χ2v) is 8.06. The van der Waals surface area contributed by atoms with Gasteiger partial charge in [0, 0.05) is 24.3 Å². The van der Waals surface area contributed by atoms with Crippen LogP contribution in [-0.4, -0.2) is 31.4 Å². The zero-order valence-electron chi connectivity index (χ0n) is 18.3. The van der Waals surface area contributed by atoms with E-state index in [1.165, 1.54) is 0 Å². The molecular weight excluding hydrogens is 400 g/mol. The van der Waals surface area contributed by atoms with Gasteiger partial charge in [-0.1, -0.05) is 30.3 Å². The third-order valence-corrected chi connectivity index (χ3v) is 5.88. The summed E-state index contributed by atoms with van der Waals surface area (Å²) in [6, 6.07) is 14.1. The largest absolute Gasteiger partial charge is 0.495 e. The van der Waals surface area contributed by atoms with Gasteiger partial charge in [0.05, 0.1) is 24.8 Å². The minimum Gasteiger partial charge on any atom is -0.495 e. The Kier molecular flexibility index (Phi) is 5.23. The molecule has 0 radical (unpaired) electrons. The van der Waals surface area contributed by atoms with Crippen LogP contribution in [0.3, 0.4) is 0 Å². The van der Waals surface area contributed by atoms with Crippen LogP contribution in [0, 0.1) is 6.92 Å². The summed E-state index contributed by atoms with van der Waals surface area (Å²) in [7, 11) is 1.68. The van der Waals surface area contributed by atoms with E-state index in [2.05, 4.69) is 11.1 Å². The van der Waals surface area contributed by atoms with E-state index >= 15 is 0 Å². The number of hydrogen-bond donors (Lipinski definition) is 1. The van der Waals surface area contributed by atoms with Crippen molar-refractivity contribution < 1.29 is 4.74 Å². The lowest BCUT2D eigenvalue weighted by Crippen LogP contribution is -2.18. The maximum atomic E-state index is 6.24. The zero-order chi connectivity index (χ0) is 22.1. The number of nitrogens with two attached hydrogens (primary N) is 1. The number of hydrogen-bond acceptors (Lipinski definition) is 5. The van der Waals surface area contributed by atoms with Crippen molar-refractivity contribution in [2.45, 2.75) is 32.2 Å². The maximum Gasteiger partial charge on any atom is 0.174 e. The van der Waals surface area contributed by atoms with E-state index in [1.807, 2.05) is 70.9 Å². The number of aryl methyl sites for hydroxylation is 2. The minimum absolute atomic E-state index is 0.178. The summed E-state index contributed by atoms with van der Waals surface area (Å²) in [5.74, 6) is 2.64. The van der Waals surface area contributed by atoms with Crippen molar-refractivity contribution in [2.75, 3.05) is 12.8 Å². The van der Waals surface area contributed by atoms with Crippen molar-refractivity contribution in [1.29, 1.82) is 0 Å². The Morgan fingerprint density at radius 3 is 2.81 bits per heavy atom. The number of nitrogen functional groups attached to an aromatic ring is 1. The number of para-hydroxylation sites is 1. The van der Waals surface area contributed by atoms with Gasteiger partial charge in [-0.25, -0.2) is 14.6 Å². The molecule has 32 heavy (non-hydrogen) atoms. The Balaban J connectivity index is 1.42. The normalized spacial score (nSPS) is 15.8. The van der Waals surface area contributed by atoms with Crippen molar-refractivity contribution in [1.82, 2.24) is 24.3 Å². The molecule has 0 unspecified atom stereocenters. The maximum absolute atomic E-state index is 6.24. The Bertz CT molecular complexity index is 1290. The predicted molar refractivity (Wildman–Crippen MR) is 126 cm³/mol. The van der Waals surface area contributed by atoms with Crippen LogP contribution in [0.25, 0.3) is 17.8 Å². The molecule has 2 aromatic heterocycles. The van der Waals surface area contributed by atoms with Gasteiger partial charge in [-0.2, -0.15) is 5.10 Å². The number of benzene rings is 2. The van der Waals surface area contributed by atoms with Gasteiger partial charge in [-0.15, -0.1) is 0 Å². The van der Waals surface area contributed by atoms with Gasteiger partial charge in [0.2, 0.25) is 0 Å². The lowest BCUT2D eigenvalue weighted by molar-refractivity contribution is 0.413. The summed E-state index contributed by atoms with van der Waals surface area (Å²) in [4.78, 5) is 9.14. The Labute approximate surface area is 187 Å². The second kappa shape index (κ2) is 8.34. The Morgan fingerprint density at radius 1 is 1.16 bits per heavy atom. The first-order valence-electron chi connectivity index (χ1n) is 10.8. The molecule has 7 nitrogen and oxygen atoms in total. The van der Waals surface area contributed by atoms with Crippen LogP contribution in [-0.2, 0) is 6.54 Å². The van der Waals surface area contributed by atoms with Crippen molar-refractivity contribution in [2.24, 2.45) is 0 Å². The molecule has 3 heterocycles. The number of imidazole rings is 1. The lowest BCUT2D eigenvalue weighted by atomic mass is 9.90. The molecule has 5 rings (SSSR count). The average Bonchev–Trinajstić information content (AvgIpc) is 3.43. The van der Waals surface area contributed by atoms with Crippen LogP contribution >= 0.6 is 0 Å². The third-order valence-electron chi connectivity index (χ3n) is 5.88. The molecule has 0 amide bonds. The van der Waals surface area contributed by atoms with E-state index < -0.39 is 0 Å². The molecule has 1 atom stereocenters. The number of aromatic nitrogens is 5. The van der Waals surface area contributed by atoms with Gasteiger partial charge in [-0.05, 0) is 55.2 Å². The molecule has 0 aliphatic carbocycles. The first-order valence-corrected chi connectivity index (χ1v) is 10.8. The molecule has 0 fully saturated rings. The highest BCUT2D eigenvalue weighted by Gasteiger charge is 2.26. The summed E-state index contributed by atoms with van der Waals surface area (Å²) in [6.07, 6.45) is 9.82. The van der Waals surface area contributed by atoms with E-state index in [0.717, 1.165) is 59.2 Å². The minimum atomic E-state index is 0.178. The summed E-state index contributed by atoms with van der Waals surface area (Å²) in [5.41, 5.74) is 11.1. The van der Waals surface area contributed by atoms with E-state index in [9.17, 15) is 0 Å². The van der Waals surface area contributed by atoms with Crippen LogP contribution in [0.1, 0.15) is 47.2 Å². The Hall–Kier alpha value is -3.87. The molecule has 4 aromatic rings. The number of nitrogens with zero attached hydrogens (tertiary/aromatic N) is 5. The average molecular weight is 427 g/mol. The first-order chi connectivity index (χ1) is 15.6. The van der Waals surface area contributed by atoms with Gasteiger partial charge in [0.15, 0.2) is 5.82 Å². The number of ether oxygens (including phenoxy) is 1. The van der Waals surface area contributed by atoms with Gasteiger partial charge in [0.1, 0.15) is 11.6 Å². The van der Waals surface area contributed by atoms with Gasteiger partial charge >= 0.3 is 0 Å². The van der Waals surface area contributed by atoms with Gasteiger partial charge < -0.3 is 15.0 Å². The topological polar surface area (TPSA) is 83.8 Å². The highest BCUT2D eigenvalue weighted by molar-refractivity contribution is 5.69. The fraction of sp³-hybridized carbons (Fsp3) is 0.240. The quantitative estimate of drug-likeness (QED) is 0.477. The lowest BCUT2D eigenvalue weighted by Gasteiger charge is -2.23. The van der Waals surface area contributed by atoms with Crippen molar-refractivity contribution in [3.63, 3.8) is 0 Å². The van der Waals surface area contributed by atoms with E-state index in [1.54, 1.807) is 13.4 Å². The van der Waals surface area contributed by atoms with E-state index in [4.69, 9.17) is 20.6 Å². The van der Waals surface area contributed by atoms with Crippen molar-refractivity contribution in [3.05, 3.63) is 83.5 Å². The fourth-order valence-electron chi connectivity index (χ4n) is 4.30. The fourth-order valence-corrected chi connectivity index (χ4v) is 4.30. The highest BCUT2D eigenvalue weighted by atomic mass is 16.5. The molecule has 7 heteroatoms. The highest BCUT2D eigenvalue weighted by Crippen LogP contribution is 2.35. The number of rotatable bonds is 5. The van der Waals surface area contributed by atoms with Crippen LogP contribution in [0.2, 0.25) is 0 Å². The molecule has 162 valence electrons. The standard InChI is InChI=1S/C25H26N6O/c1-17-15-30(16-27-17)22-11-9-18(14-23(22)32-2)10-12-24-28-25-20(7-5-13-31(25)29-24)19-6-3-4-8-21(19)26/h3-4,6,8-12,14-16,20H,5,7,13,26H2,1-2H3/t20-/m0/s1. The monoisotopic (exact) mass is 426 g/mol. The number of methoxy groups -OCH3 is 1. The van der Waals surface area contributed by atoms with Crippen molar-refractivity contribution >= 4 is 17.8 Å². The predicted octanol–water partition coefficient (Wildman–Crippen LogP) is 4.46. The molecule has 1 aliphatic rings.